The minimum atomic E-state index is 0.837. The van der Waals surface area contributed by atoms with Gasteiger partial charge in [0.05, 0.1) is 5.69 Å². The molecule has 0 saturated heterocycles. The molecule has 102 valence electrons. The molecular formula is C14H20N4S. The molecule has 0 aromatic carbocycles. The maximum Gasteiger partial charge on any atom is 0.185 e. The first-order valence-electron chi connectivity index (χ1n) is 6.47. The molecular weight excluding hydrogens is 256 g/mol. The van der Waals surface area contributed by atoms with E-state index in [1.54, 1.807) is 17.5 Å². The van der Waals surface area contributed by atoms with Gasteiger partial charge in [-0.2, -0.15) is 0 Å². The molecule has 2 aromatic rings. The minimum Gasteiger partial charge on any atom is -0.347 e. The van der Waals surface area contributed by atoms with Crippen molar-refractivity contribution in [2.24, 2.45) is 0 Å². The van der Waals surface area contributed by atoms with Gasteiger partial charge in [-0.05, 0) is 25.1 Å². The predicted octanol–water partition coefficient (Wildman–Crippen LogP) is 2.46. The monoisotopic (exact) mass is 276 g/mol. The van der Waals surface area contributed by atoms with E-state index in [-0.39, 0.29) is 0 Å². The van der Waals surface area contributed by atoms with Gasteiger partial charge in [0.1, 0.15) is 0 Å². The number of thiazole rings is 1. The molecule has 2 rings (SSSR count). The molecule has 0 bridgehead atoms. The van der Waals surface area contributed by atoms with Crippen LogP contribution in [0.2, 0.25) is 0 Å². The second-order valence-electron chi connectivity index (χ2n) is 4.47. The number of nitrogens with zero attached hydrogens (tertiary/aromatic N) is 3. The Kier molecular flexibility index (Phi) is 4.87. The van der Waals surface area contributed by atoms with Crippen molar-refractivity contribution in [1.82, 2.24) is 15.3 Å². The summed E-state index contributed by atoms with van der Waals surface area (Å²) in [6.07, 6.45) is 4.68. The maximum atomic E-state index is 4.73. The molecule has 0 saturated carbocycles. The SMILES string of the molecule is CCc1nc(N(C)Cc2cccnc2)sc1CNC. The zero-order valence-electron chi connectivity index (χ0n) is 11.7. The van der Waals surface area contributed by atoms with Crippen LogP contribution in [-0.2, 0) is 19.5 Å². The van der Waals surface area contributed by atoms with Gasteiger partial charge in [0, 0.05) is 37.4 Å². The van der Waals surface area contributed by atoms with Gasteiger partial charge in [0.15, 0.2) is 5.13 Å². The molecule has 0 atom stereocenters. The highest BCUT2D eigenvalue weighted by Gasteiger charge is 2.12. The van der Waals surface area contributed by atoms with E-state index in [0.29, 0.717) is 0 Å². The largest absolute Gasteiger partial charge is 0.347 e. The third-order valence-electron chi connectivity index (χ3n) is 2.91. The summed E-state index contributed by atoms with van der Waals surface area (Å²) in [6, 6.07) is 4.06. The van der Waals surface area contributed by atoms with E-state index in [4.69, 9.17) is 4.98 Å². The van der Waals surface area contributed by atoms with Crippen LogP contribution in [0.5, 0.6) is 0 Å². The Morgan fingerprint density at radius 2 is 2.26 bits per heavy atom. The van der Waals surface area contributed by atoms with Crippen molar-refractivity contribution in [2.75, 3.05) is 19.0 Å². The molecule has 0 fully saturated rings. The topological polar surface area (TPSA) is 41.1 Å². The van der Waals surface area contributed by atoms with Crippen LogP contribution in [0, 0.1) is 0 Å². The molecule has 0 amide bonds. The summed E-state index contributed by atoms with van der Waals surface area (Å²) >= 11 is 1.77. The lowest BCUT2D eigenvalue weighted by molar-refractivity contribution is 0.813. The van der Waals surface area contributed by atoms with Crippen LogP contribution in [0.1, 0.15) is 23.1 Å². The van der Waals surface area contributed by atoms with Gasteiger partial charge in [-0.25, -0.2) is 4.98 Å². The Balaban J connectivity index is 2.12. The van der Waals surface area contributed by atoms with E-state index in [9.17, 15) is 0 Å². The van der Waals surface area contributed by atoms with Crippen LogP contribution >= 0.6 is 11.3 Å². The summed E-state index contributed by atoms with van der Waals surface area (Å²) in [6.45, 7) is 3.88. The van der Waals surface area contributed by atoms with Gasteiger partial charge < -0.3 is 10.2 Å². The van der Waals surface area contributed by atoms with Gasteiger partial charge in [-0.1, -0.05) is 13.0 Å². The van der Waals surface area contributed by atoms with Crippen molar-refractivity contribution in [3.8, 4) is 0 Å². The predicted molar refractivity (Wildman–Crippen MR) is 80.6 cm³/mol. The van der Waals surface area contributed by atoms with Crippen LogP contribution in [-0.4, -0.2) is 24.1 Å². The Hall–Kier alpha value is -1.46. The van der Waals surface area contributed by atoms with Crippen LogP contribution < -0.4 is 10.2 Å². The number of hydrogen-bond acceptors (Lipinski definition) is 5. The lowest BCUT2D eigenvalue weighted by Crippen LogP contribution is -2.16. The second-order valence-corrected chi connectivity index (χ2v) is 5.53. The number of hydrogen-bond donors (Lipinski definition) is 1. The molecule has 0 unspecified atom stereocenters. The highest BCUT2D eigenvalue weighted by molar-refractivity contribution is 7.15. The van der Waals surface area contributed by atoms with E-state index in [1.165, 1.54) is 16.1 Å². The molecule has 19 heavy (non-hydrogen) atoms. The smallest absolute Gasteiger partial charge is 0.185 e. The number of anilines is 1. The lowest BCUT2D eigenvalue weighted by atomic mass is 10.3. The standard InChI is InChI=1S/C14H20N4S/c1-4-12-13(9-15-2)19-14(17-12)18(3)10-11-6-5-7-16-8-11/h5-8,15H,4,9-10H2,1-3H3. The molecule has 0 aliphatic heterocycles. The molecule has 0 spiro atoms. The quantitative estimate of drug-likeness (QED) is 0.880. The third-order valence-corrected chi connectivity index (χ3v) is 4.12. The molecule has 0 radical (unpaired) electrons. The van der Waals surface area contributed by atoms with Crippen molar-refractivity contribution in [3.63, 3.8) is 0 Å². The number of pyridine rings is 1. The molecule has 0 aliphatic rings. The Labute approximate surface area is 118 Å². The summed E-state index contributed by atoms with van der Waals surface area (Å²) in [4.78, 5) is 12.4. The van der Waals surface area contributed by atoms with Gasteiger partial charge in [-0.3, -0.25) is 4.98 Å². The first kappa shape index (κ1) is 14.0. The summed E-state index contributed by atoms with van der Waals surface area (Å²) in [7, 11) is 4.05. The number of nitrogens with one attached hydrogen (secondary N) is 1. The van der Waals surface area contributed by atoms with Gasteiger partial charge >= 0.3 is 0 Å². The van der Waals surface area contributed by atoms with Crippen molar-refractivity contribution >= 4 is 16.5 Å². The second kappa shape index (κ2) is 6.63. The number of aryl methyl sites for hydroxylation is 1. The van der Waals surface area contributed by atoms with Crippen molar-refractivity contribution in [3.05, 3.63) is 40.7 Å². The highest BCUT2D eigenvalue weighted by Crippen LogP contribution is 2.26. The van der Waals surface area contributed by atoms with E-state index in [1.807, 2.05) is 19.3 Å². The molecule has 4 nitrogen and oxygen atoms in total. The molecule has 1 N–H and O–H groups in total. The molecule has 5 heteroatoms. The van der Waals surface area contributed by atoms with Gasteiger partial charge in [0.25, 0.3) is 0 Å². The number of aromatic nitrogens is 2. The van der Waals surface area contributed by atoms with Crippen molar-refractivity contribution in [2.45, 2.75) is 26.4 Å². The van der Waals surface area contributed by atoms with E-state index in [0.717, 1.165) is 24.6 Å². The Morgan fingerprint density at radius 3 is 2.89 bits per heavy atom. The Bertz CT molecular complexity index is 509. The van der Waals surface area contributed by atoms with Gasteiger partial charge in [0.2, 0.25) is 0 Å². The summed E-state index contributed by atoms with van der Waals surface area (Å²) in [5.74, 6) is 0. The fourth-order valence-corrected chi connectivity index (χ4v) is 3.06. The first-order chi connectivity index (χ1) is 9.24. The highest BCUT2D eigenvalue weighted by atomic mass is 32.1. The summed E-state index contributed by atoms with van der Waals surface area (Å²) < 4.78 is 0. The average Bonchev–Trinajstić information content (AvgIpc) is 2.83. The van der Waals surface area contributed by atoms with Gasteiger partial charge in [-0.15, -0.1) is 11.3 Å². The normalized spacial score (nSPS) is 10.7. The molecule has 2 aromatic heterocycles. The van der Waals surface area contributed by atoms with Crippen molar-refractivity contribution in [1.29, 1.82) is 0 Å². The van der Waals surface area contributed by atoms with E-state index < -0.39 is 0 Å². The minimum absolute atomic E-state index is 0.837. The zero-order chi connectivity index (χ0) is 13.7. The van der Waals surface area contributed by atoms with E-state index >= 15 is 0 Å². The third kappa shape index (κ3) is 3.52. The average molecular weight is 276 g/mol. The lowest BCUT2D eigenvalue weighted by Gasteiger charge is -2.15. The summed E-state index contributed by atoms with van der Waals surface area (Å²) in [5.41, 5.74) is 2.40. The Morgan fingerprint density at radius 1 is 1.42 bits per heavy atom. The fourth-order valence-electron chi connectivity index (χ4n) is 1.94. The first-order valence-corrected chi connectivity index (χ1v) is 7.29. The molecule has 2 heterocycles. The van der Waals surface area contributed by atoms with Crippen LogP contribution in [0.15, 0.2) is 24.5 Å². The van der Waals surface area contributed by atoms with Crippen LogP contribution in [0.3, 0.4) is 0 Å². The molecule has 0 aliphatic carbocycles. The summed E-state index contributed by atoms with van der Waals surface area (Å²) in [5, 5.41) is 4.28. The van der Waals surface area contributed by atoms with Crippen molar-refractivity contribution < 1.29 is 0 Å². The van der Waals surface area contributed by atoms with E-state index in [2.05, 4.69) is 35.2 Å². The fraction of sp³-hybridized carbons (Fsp3) is 0.429. The number of rotatable bonds is 6. The van der Waals surface area contributed by atoms with Crippen LogP contribution in [0.25, 0.3) is 0 Å². The maximum absolute atomic E-state index is 4.73. The van der Waals surface area contributed by atoms with Crippen LogP contribution in [0.4, 0.5) is 5.13 Å². The zero-order valence-corrected chi connectivity index (χ0v) is 12.5.